The van der Waals surface area contributed by atoms with E-state index in [4.69, 9.17) is 9.47 Å². The second kappa shape index (κ2) is 4.90. The van der Waals surface area contributed by atoms with Crippen molar-refractivity contribution in [3.05, 3.63) is 11.1 Å². The van der Waals surface area contributed by atoms with Gasteiger partial charge in [-0.25, -0.2) is 4.79 Å². The minimum absolute atomic E-state index is 0.160. The van der Waals surface area contributed by atoms with Gasteiger partial charge in [0.25, 0.3) is 0 Å². The smallest absolute Gasteiger partial charge is 0.333 e. The first kappa shape index (κ1) is 13.7. The molecule has 1 atom stereocenters. The number of hydrogen-bond acceptors (Lipinski definition) is 4. The summed E-state index contributed by atoms with van der Waals surface area (Å²) in [6.07, 6.45) is 0.588. The number of hydrogen-bond donors (Lipinski definition) is 0. The van der Waals surface area contributed by atoms with Gasteiger partial charge in [0.05, 0.1) is 19.6 Å². The first-order valence-electron chi connectivity index (χ1n) is 5.81. The molecule has 0 aromatic rings. The number of ether oxygens (including phenoxy) is 2. The Balaban J connectivity index is 2.87. The van der Waals surface area contributed by atoms with Crippen molar-refractivity contribution in [1.82, 2.24) is 0 Å². The summed E-state index contributed by atoms with van der Waals surface area (Å²) in [5.74, 6) is -0.666. The fourth-order valence-corrected chi connectivity index (χ4v) is 2.32. The standard InChI is InChI=1S/C13H20O4/c1-6-17-11(14)8(2)9-7-10(12(15)16-5)13(9,3)4/h10H,6-7H2,1-5H3/b9-8+. The van der Waals surface area contributed by atoms with Gasteiger partial charge in [-0.1, -0.05) is 19.4 Å². The molecule has 0 aromatic heterocycles. The summed E-state index contributed by atoms with van der Waals surface area (Å²) >= 11 is 0. The third-order valence-corrected chi connectivity index (χ3v) is 3.58. The molecule has 1 saturated carbocycles. The first-order valence-corrected chi connectivity index (χ1v) is 5.81. The Morgan fingerprint density at radius 3 is 2.41 bits per heavy atom. The van der Waals surface area contributed by atoms with E-state index in [2.05, 4.69) is 0 Å². The van der Waals surface area contributed by atoms with Crippen LogP contribution in [0.2, 0.25) is 0 Å². The van der Waals surface area contributed by atoms with E-state index < -0.39 is 0 Å². The Hall–Kier alpha value is -1.32. The summed E-state index contributed by atoms with van der Waals surface area (Å²) in [4.78, 5) is 23.1. The number of allylic oxidation sites excluding steroid dienone is 1. The van der Waals surface area contributed by atoms with Gasteiger partial charge in [0.15, 0.2) is 0 Å². The maximum atomic E-state index is 11.6. The fraction of sp³-hybridized carbons (Fsp3) is 0.692. The van der Waals surface area contributed by atoms with Crippen LogP contribution in [-0.2, 0) is 19.1 Å². The lowest BCUT2D eigenvalue weighted by Crippen LogP contribution is -2.44. The van der Waals surface area contributed by atoms with Crippen LogP contribution in [0.25, 0.3) is 0 Å². The topological polar surface area (TPSA) is 52.6 Å². The summed E-state index contributed by atoms with van der Waals surface area (Å²) in [6, 6.07) is 0. The quantitative estimate of drug-likeness (QED) is 0.560. The molecule has 1 unspecified atom stereocenters. The normalized spacial score (nSPS) is 24.6. The van der Waals surface area contributed by atoms with Crippen molar-refractivity contribution >= 4 is 11.9 Å². The van der Waals surface area contributed by atoms with Crippen molar-refractivity contribution in [2.75, 3.05) is 13.7 Å². The van der Waals surface area contributed by atoms with Gasteiger partial charge in [0.1, 0.15) is 0 Å². The molecule has 1 fully saturated rings. The highest BCUT2D eigenvalue weighted by atomic mass is 16.5. The van der Waals surface area contributed by atoms with Crippen molar-refractivity contribution in [3.63, 3.8) is 0 Å². The summed E-state index contributed by atoms with van der Waals surface area (Å²) in [7, 11) is 1.39. The number of carbonyl (C=O) groups excluding carboxylic acids is 2. The molecule has 0 radical (unpaired) electrons. The highest BCUT2D eigenvalue weighted by Crippen LogP contribution is 2.52. The molecule has 0 aliphatic heterocycles. The van der Waals surface area contributed by atoms with Crippen molar-refractivity contribution in [1.29, 1.82) is 0 Å². The van der Waals surface area contributed by atoms with Crippen LogP contribution in [0.15, 0.2) is 11.1 Å². The van der Waals surface area contributed by atoms with E-state index in [1.807, 2.05) is 13.8 Å². The van der Waals surface area contributed by atoms with Crippen LogP contribution < -0.4 is 0 Å². The van der Waals surface area contributed by atoms with E-state index in [9.17, 15) is 9.59 Å². The van der Waals surface area contributed by atoms with Gasteiger partial charge in [-0.3, -0.25) is 4.79 Å². The van der Waals surface area contributed by atoms with Gasteiger partial charge in [-0.2, -0.15) is 0 Å². The zero-order valence-electron chi connectivity index (χ0n) is 11.1. The molecule has 17 heavy (non-hydrogen) atoms. The first-order chi connectivity index (χ1) is 7.86. The van der Waals surface area contributed by atoms with Gasteiger partial charge in [0, 0.05) is 11.0 Å². The van der Waals surface area contributed by atoms with Gasteiger partial charge >= 0.3 is 11.9 Å². The van der Waals surface area contributed by atoms with E-state index >= 15 is 0 Å². The molecule has 4 nitrogen and oxygen atoms in total. The van der Waals surface area contributed by atoms with E-state index in [-0.39, 0.29) is 23.3 Å². The Morgan fingerprint density at radius 1 is 1.41 bits per heavy atom. The Kier molecular flexibility index (Phi) is 3.96. The molecule has 0 bridgehead atoms. The Bertz CT molecular complexity index is 366. The number of rotatable bonds is 3. The fourth-order valence-electron chi connectivity index (χ4n) is 2.32. The Labute approximate surface area is 102 Å². The van der Waals surface area contributed by atoms with E-state index in [0.717, 1.165) is 5.57 Å². The average Bonchev–Trinajstić information content (AvgIpc) is 2.27. The van der Waals surface area contributed by atoms with Crippen LogP contribution in [0.1, 0.15) is 34.1 Å². The van der Waals surface area contributed by atoms with E-state index in [1.165, 1.54) is 7.11 Å². The number of esters is 2. The second-order valence-corrected chi connectivity index (χ2v) is 4.83. The summed E-state index contributed by atoms with van der Waals surface area (Å²) in [5.41, 5.74) is 1.30. The van der Waals surface area contributed by atoms with E-state index in [0.29, 0.717) is 18.6 Å². The van der Waals surface area contributed by atoms with E-state index in [1.54, 1.807) is 13.8 Å². The predicted octanol–water partition coefficient (Wildman–Crippen LogP) is 2.09. The molecule has 4 heteroatoms. The molecule has 1 rings (SSSR count). The molecule has 0 saturated heterocycles. The van der Waals surface area contributed by atoms with Gasteiger partial charge in [0.2, 0.25) is 0 Å². The molecular weight excluding hydrogens is 220 g/mol. The van der Waals surface area contributed by atoms with Crippen LogP contribution in [0.5, 0.6) is 0 Å². The molecule has 0 spiro atoms. The largest absolute Gasteiger partial charge is 0.469 e. The van der Waals surface area contributed by atoms with Gasteiger partial charge in [-0.15, -0.1) is 0 Å². The molecule has 0 aromatic carbocycles. The molecular formula is C13H20O4. The lowest BCUT2D eigenvalue weighted by atomic mass is 9.57. The van der Waals surface area contributed by atoms with Crippen LogP contribution in [0, 0.1) is 11.3 Å². The molecule has 1 aliphatic rings. The lowest BCUT2D eigenvalue weighted by molar-refractivity contribution is -0.152. The lowest BCUT2D eigenvalue weighted by Gasteiger charge is -2.46. The average molecular weight is 240 g/mol. The van der Waals surface area contributed by atoms with Crippen LogP contribution >= 0.6 is 0 Å². The minimum atomic E-state index is -0.316. The third kappa shape index (κ3) is 2.35. The van der Waals surface area contributed by atoms with Crippen LogP contribution in [0.4, 0.5) is 0 Å². The van der Waals surface area contributed by atoms with Crippen LogP contribution in [0.3, 0.4) is 0 Å². The number of carbonyl (C=O) groups is 2. The highest BCUT2D eigenvalue weighted by Gasteiger charge is 2.50. The third-order valence-electron chi connectivity index (χ3n) is 3.58. The highest BCUT2D eigenvalue weighted by molar-refractivity contribution is 5.90. The minimum Gasteiger partial charge on any atom is -0.469 e. The van der Waals surface area contributed by atoms with Crippen molar-refractivity contribution in [2.24, 2.45) is 11.3 Å². The summed E-state index contributed by atoms with van der Waals surface area (Å²) < 4.78 is 9.71. The summed E-state index contributed by atoms with van der Waals surface area (Å²) in [6.45, 7) is 7.80. The maximum Gasteiger partial charge on any atom is 0.333 e. The Morgan fingerprint density at radius 2 is 2.00 bits per heavy atom. The van der Waals surface area contributed by atoms with Crippen molar-refractivity contribution in [2.45, 2.75) is 34.1 Å². The van der Waals surface area contributed by atoms with Crippen LogP contribution in [-0.4, -0.2) is 25.7 Å². The zero-order valence-corrected chi connectivity index (χ0v) is 11.1. The second-order valence-electron chi connectivity index (χ2n) is 4.83. The van der Waals surface area contributed by atoms with Crippen molar-refractivity contribution < 1.29 is 19.1 Å². The SMILES string of the molecule is CCOC(=O)/C(C)=C1\CC(C(=O)OC)C1(C)C. The van der Waals surface area contributed by atoms with Gasteiger partial charge in [-0.05, 0) is 20.3 Å². The maximum absolute atomic E-state index is 11.6. The summed E-state index contributed by atoms with van der Waals surface area (Å²) in [5, 5.41) is 0. The zero-order chi connectivity index (χ0) is 13.2. The molecule has 0 N–H and O–H groups in total. The predicted molar refractivity (Wildman–Crippen MR) is 63.2 cm³/mol. The molecule has 96 valence electrons. The molecule has 0 amide bonds. The number of methoxy groups -OCH3 is 1. The monoisotopic (exact) mass is 240 g/mol. The van der Waals surface area contributed by atoms with Crippen molar-refractivity contribution in [3.8, 4) is 0 Å². The molecule has 0 heterocycles. The van der Waals surface area contributed by atoms with Gasteiger partial charge < -0.3 is 9.47 Å². The molecule has 1 aliphatic carbocycles.